The summed E-state index contributed by atoms with van der Waals surface area (Å²) in [5, 5.41) is 10.4. The molecule has 0 saturated carbocycles. The van der Waals surface area contributed by atoms with Gasteiger partial charge in [0.15, 0.2) is 0 Å². The number of hydrogen-bond donors (Lipinski definition) is 1. The van der Waals surface area contributed by atoms with E-state index in [-0.39, 0.29) is 5.82 Å². The van der Waals surface area contributed by atoms with Crippen molar-refractivity contribution in [3.63, 3.8) is 0 Å². The summed E-state index contributed by atoms with van der Waals surface area (Å²) in [6, 6.07) is 12.2. The van der Waals surface area contributed by atoms with E-state index >= 15 is 0 Å². The van der Waals surface area contributed by atoms with Gasteiger partial charge in [0.25, 0.3) is 0 Å². The second-order valence-electron chi connectivity index (χ2n) is 4.84. The van der Waals surface area contributed by atoms with E-state index in [0.29, 0.717) is 22.8 Å². The van der Waals surface area contributed by atoms with E-state index in [1.54, 1.807) is 37.1 Å². The van der Waals surface area contributed by atoms with Crippen LogP contribution < -0.4 is 4.90 Å². The molecular formula is C16H17ClFNO. The molecule has 0 fully saturated rings. The Balaban J connectivity index is 2.31. The molecule has 2 aromatic carbocycles. The standard InChI is InChI=1S/C16H17ClFNO/c1-11(20)14-7-4-8-15(18)16(14)19(2)10-12-5-3-6-13(17)9-12/h3-9,11,20H,10H2,1-2H3/t11-/m0/s1. The van der Waals surface area contributed by atoms with Crippen LogP contribution in [-0.4, -0.2) is 12.2 Å². The Morgan fingerprint density at radius 2 is 1.95 bits per heavy atom. The lowest BCUT2D eigenvalue weighted by Crippen LogP contribution is -2.20. The molecule has 0 radical (unpaired) electrons. The zero-order valence-electron chi connectivity index (χ0n) is 11.5. The summed E-state index contributed by atoms with van der Waals surface area (Å²) < 4.78 is 14.1. The lowest BCUT2D eigenvalue weighted by atomic mass is 10.1. The molecule has 2 rings (SSSR count). The minimum absolute atomic E-state index is 0.340. The average Bonchev–Trinajstić information content (AvgIpc) is 2.38. The van der Waals surface area contributed by atoms with Gasteiger partial charge in [-0.25, -0.2) is 4.39 Å². The summed E-state index contributed by atoms with van der Waals surface area (Å²) in [5.41, 5.74) is 1.98. The minimum atomic E-state index is -0.720. The molecule has 1 N–H and O–H groups in total. The third kappa shape index (κ3) is 3.30. The first-order valence-corrected chi connectivity index (χ1v) is 6.79. The molecule has 0 bridgehead atoms. The summed E-state index contributed by atoms with van der Waals surface area (Å²) in [6.45, 7) is 2.15. The lowest BCUT2D eigenvalue weighted by Gasteiger charge is -2.24. The second-order valence-corrected chi connectivity index (χ2v) is 5.28. The fourth-order valence-corrected chi connectivity index (χ4v) is 2.47. The fraction of sp³-hybridized carbons (Fsp3) is 0.250. The number of halogens is 2. The van der Waals surface area contributed by atoms with E-state index in [4.69, 9.17) is 11.6 Å². The molecule has 1 atom stereocenters. The summed E-state index contributed by atoms with van der Waals surface area (Å²) in [5.74, 6) is -0.340. The Hall–Kier alpha value is -1.58. The highest BCUT2D eigenvalue weighted by Crippen LogP contribution is 2.29. The molecule has 0 aliphatic carbocycles. The molecule has 0 aliphatic rings. The number of nitrogens with zero attached hydrogens (tertiary/aromatic N) is 1. The van der Waals surface area contributed by atoms with Gasteiger partial charge < -0.3 is 10.0 Å². The third-order valence-corrected chi connectivity index (χ3v) is 3.39. The van der Waals surface area contributed by atoms with Gasteiger partial charge in [-0.15, -0.1) is 0 Å². The fourth-order valence-electron chi connectivity index (χ4n) is 2.26. The first-order chi connectivity index (χ1) is 9.49. The van der Waals surface area contributed by atoms with Crippen LogP contribution >= 0.6 is 11.6 Å². The highest BCUT2D eigenvalue weighted by atomic mass is 35.5. The number of rotatable bonds is 4. The topological polar surface area (TPSA) is 23.5 Å². The van der Waals surface area contributed by atoms with Crippen LogP contribution in [0.4, 0.5) is 10.1 Å². The summed E-state index contributed by atoms with van der Waals surface area (Å²) >= 11 is 5.95. The Kier molecular flexibility index (Phi) is 4.63. The van der Waals surface area contributed by atoms with Crippen molar-refractivity contribution in [1.82, 2.24) is 0 Å². The first-order valence-electron chi connectivity index (χ1n) is 6.41. The van der Waals surface area contributed by atoms with Crippen molar-refractivity contribution < 1.29 is 9.50 Å². The van der Waals surface area contributed by atoms with E-state index < -0.39 is 6.10 Å². The summed E-state index contributed by atoms with van der Waals surface area (Å²) in [4.78, 5) is 1.78. The Bertz CT molecular complexity index is 601. The summed E-state index contributed by atoms with van der Waals surface area (Å²) in [6.07, 6.45) is -0.720. The van der Waals surface area contributed by atoms with Crippen molar-refractivity contribution in [2.75, 3.05) is 11.9 Å². The van der Waals surface area contributed by atoms with Gasteiger partial charge in [-0.1, -0.05) is 35.9 Å². The zero-order chi connectivity index (χ0) is 14.7. The van der Waals surface area contributed by atoms with Crippen molar-refractivity contribution >= 4 is 17.3 Å². The Labute approximate surface area is 123 Å². The maximum Gasteiger partial charge on any atom is 0.146 e. The molecule has 0 unspecified atom stereocenters. The van der Waals surface area contributed by atoms with Crippen LogP contribution in [0, 0.1) is 5.82 Å². The molecule has 2 aromatic rings. The molecule has 0 spiro atoms. The van der Waals surface area contributed by atoms with Crippen molar-refractivity contribution in [3.8, 4) is 0 Å². The first kappa shape index (κ1) is 14.8. The minimum Gasteiger partial charge on any atom is -0.389 e. The van der Waals surface area contributed by atoms with E-state index in [0.717, 1.165) is 5.56 Å². The molecule has 0 heterocycles. The van der Waals surface area contributed by atoms with Gasteiger partial charge in [-0.2, -0.15) is 0 Å². The van der Waals surface area contributed by atoms with Crippen LogP contribution in [0.25, 0.3) is 0 Å². The van der Waals surface area contributed by atoms with Crippen molar-refractivity contribution in [2.24, 2.45) is 0 Å². The molecule has 0 saturated heterocycles. The van der Waals surface area contributed by atoms with Crippen molar-refractivity contribution in [2.45, 2.75) is 19.6 Å². The highest BCUT2D eigenvalue weighted by Gasteiger charge is 2.16. The smallest absolute Gasteiger partial charge is 0.146 e. The Morgan fingerprint density at radius 3 is 2.60 bits per heavy atom. The predicted molar refractivity (Wildman–Crippen MR) is 80.6 cm³/mol. The van der Waals surface area contributed by atoms with Crippen LogP contribution in [0.15, 0.2) is 42.5 Å². The SMILES string of the molecule is C[C@H](O)c1cccc(F)c1N(C)Cc1cccc(Cl)c1. The van der Waals surface area contributed by atoms with Crippen LogP contribution in [-0.2, 0) is 6.54 Å². The molecule has 20 heavy (non-hydrogen) atoms. The number of hydrogen-bond acceptors (Lipinski definition) is 2. The van der Waals surface area contributed by atoms with Crippen molar-refractivity contribution in [1.29, 1.82) is 0 Å². The summed E-state index contributed by atoms with van der Waals surface area (Å²) in [7, 11) is 1.80. The van der Waals surface area contributed by atoms with Gasteiger partial charge in [-0.05, 0) is 30.7 Å². The molecule has 106 valence electrons. The normalized spacial score (nSPS) is 12.2. The molecule has 0 aromatic heterocycles. The van der Waals surface area contributed by atoms with Gasteiger partial charge >= 0.3 is 0 Å². The van der Waals surface area contributed by atoms with Crippen LogP contribution in [0.5, 0.6) is 0 Å². The highest BCUT2D eigenvalue weighted by molar-refractivity contribution is 6.30. The van der Waals surface area contributed by atoms with E-state index in [1.807, 2.05) is 18.2 Å². The van der Waals surface area contributed by atoms with Crippen LogP contribution in [0.3, 0.4) is 0 Å². The monoisotopic (exact) mass is 293 g/mol. The Morgan fingerprint density at radius 1 is 1.25 bits per heavy atom. The maximum absolute atomic E-state index is 14.1. The van der Waals surface area contributed by atoms with E-state index in [2.05, 4.69) is 0 Å². The van der Waals surface area contributed by atoms with Crippen molar-refractivity contribution in [3.05, 3.63) is 64.4 Å². The van der Waals surface area contributed by atoms with Gasteiger partial charge in [0.05, 0.1) is 11.8 Å². The van der Waals surface area contributed by atoms with Crippen LogP contribution in [0.1, 0.15) is 24.2 Å². The largest absolute Gasteiger partial charge is 0.389 e. The van der Waals surface area contributed by atoms with Gasteiger partial charge in [0.2, 0.25) is 0 Å². The average molecular weight is 294 g/mol. The number of para-hydroxylation sites is 1. The number of aliphatic hydroxyl groups is 1. The quantitative estimate of drug-likeness (QED) is 0.914. The zero-order valence-corrected chi connectivity index (χ0v) is 12.2. The van der Waals surface area contributed by atoms with Gasteiger partial charge in [0.1, 0.15) is 5.82 Å². The molecule has 4 heteroatoms. The van der Waals surface area contributed by atoms with Crippen LogP contribution in [0.2, 0.25) is 5.02 Å². The number of anilines is 1. The maximum atomic E-state index is 14.1. The molecule has 0 amide bonds. The molecule has 2 nitrogen and oxygen atoms in total. The molecular weight excluding hydrogens is 277 g/mol. The van der Waals surface area contributed by atoms with E-state index in [1.165, 1.54) is 6.07 Å². The van der Waals surface area contributed by atoms with Gasteiger partial charge in [-0.3, -0.25) is 0 Å². The van der Waals surface area contributed by atoms with Gasteiger partial charge in [0, 0.05) is 24.2 Å². The number of benzene rings is 2. The van der Waals surface area contributed by atoms with E-state index in [9.17, 15) is 9.50 Å². The predicted octanol–water partition coefficient (Wildman–Crippen LogP) is 4.17. The number of aliphatic hydroxyl groups excluding tert-OH is 1. The molecule has 0 aliphatic heterocycles. The lowest BCUT2D eigenvalue weighted by molar-refractivity contribution is 0.199. The third-order valence-electron chi connectivity index (χ3n) is 3.16. The second kappa shape index (κ2) is 6.25.